The third-order valence-electron chi connectivity index (χ3n) is 3.22. The van der Waals surface area contributed by atoms with Gasteiger partial charge in [0.05, 0.1) is 11.7 Å². The van der Waals surface area contributed by atoms with Gasteiger partial charge in [0.25, 0.3) is 5.56 Å². The molecular formula is C13H19N3O2. The minimum Gasteiger partial charge on any atom is -0.323 e. The number of amides is 1. The SMILES string of the molecule is CCn1cc(NC(=O)[C@@H]2CCCCN2)ccc1=O. The molecule has 0 unspecified atom stereocenters. The Labute approximate surface area is 106 Å². The Morgan fingerprint density at radius 2 is 2.33 bits per heavy atom. The highest BCUT2D eigenvalue weighted by Crippen LogP contribution is 2.10. The summed E-state index contributed by atoms with van der Waals surface area (Å²) in [6, 6.07) is 3.02. The number of aryl methyl sites for hydroxylation is 1. The Kier molecular flexibility index (Phi) is 4.15. The van der Waals surface area contributed by atoms with Crippen LogP contribution < -0.4 is 16.2 Å². The summed E-state index contributed by atoms with van der Waals surface area (Å²) in [5.74, 6) is -0.0176. The van der Waals surface area contributed by atoms with Gasteiger partial charge in [0.1, 0.15) is 0 Å². The first kappa shape index (κ1) is 12.8. The molecule has 1 saturated heterocycles. The highest BCUT2D eigenvalue weighted by Gasteiger charge is 2.20. The van der Waals surface area contributed by atoms with Crippen LogP contribution in [-0.2, 0) is 11.3 Å². The lowest BCUT2D eigenvalue weighted by Gasteiger charge is -2.22. The van der Waals surface area contributed by atoms with Crippen molar-refractivity contribution in [3.63, 3.8) is 0 Å². The molecule has 1 atom stereocenters. The lowest BCUT2D eigenvalue weighted by atomic mass is 10.0. The van der Waals surface area contributed by atoms with Crippen molar-refractivity contribution in [1.29, 1.82) is 0 Å². The quantitative estimate of drug-likeness (QED) is 0.838. The molecule has 98 valence electrons. The third kappa shape index (κ3) is 2.98. The van der Waals surface area contributed by atoms with Gasteiger partial charge < -0.3 is 15.2 Å². The Morgan fingerprint density at radius 3 is 3.00 bits per heavy atom. The third-order valence-corrected chi connectivity index (χ3v) is 3.22. The van der Waals surface area contributed by atoms with E-state index in [0.29, 0.717) is 12.2 Å². The molecule has 0 bridgehead atoms. The maximum absolute atomic E-state index is 12.0. The minimum absolute atomic E-state index is 0.0176. The predicted octanol–water partition coefficient (Wildman–Crippen LogP) is 0.949. The zero-order valence-corrected chi connectivity index (χ0v) is 10.6. The summed E-state index contributed by atoms with van der Waals surface area (Å²) >= 11 is 0. The molecule has 1 fully saturated rings. The van der Waals surface area contributed by atoms with Crippen LogP contribution in [0.15, 0.2) is 23.1 Å². The Hall–Kier alpha value is -1.62. The van der Waals surface area contributed by atoms with Crippen molar-refractivity contribution in [3.8, 4) is 0 Å². The summed E-state index contributed by atoms with van der Waals surface area (Å²) in [4.78, 5) is 23.4. The Balaban J connectivity index is 2.04. The molecule has 1 aromatic rings. The molecule has 0 spiro atoms. The van der Waals surface area contributed by atoms with E-state index in [2.05, 4.69) is 10.6 Å². The molecule has 18 heavy (non-hydrogen) atoms. The topological polar surface area (TPSA) is 63.1 Å². The van der Waals surface area contributed by atoms with Crippen molar-refractivity contribution < 1.29 is 4.79 Å². The van der Waals surface area contributed by atoms with Gasteiger partial charge in [-0.15, -0.1) is 0 Å². The molecule has 0 aromatic carbocycles. The zero-order chi connectivity index (χ0) is 13.0. The van der Waals surface area contributed by atoms with Crippen LogP contribution in [-0.4, -0.2) is 23.1 Å². The number of piperidine rings is 1. The molecule has 2 N–H and O–H groups in total. The Bertz CT molecular complexity index is 475. The molecule has 1 amide bonds. The predicted molar refractivity (Wildman–Crippen MR) is 70.6 cm³/mol. The highest BCUT2D eigenvalue weighted by atomic mass is 16.2. The van der Waals surface area contributed by atoms with Gasteiger partial charge in [-0.1, -0.05) is 6.42 Å². The molecular weight excluding hydrogens is 230 g/mol. The van der Waals surface area contributed by atoms with Crippen LogP contribution in [0.3, 0.4) is 0 Å². The van der Waals surface area contributed by atoms with E-state index in [-0.39, 0.29) is 17.5 Å². The van der Waals surface area contributed by atoms with E-state index >= 15 is 0 Å². The summed E-state index contributed by atoms with van der Waals surface area (Å²) in [7, 11) is 0. The van der Waals surface area contributed by atoms with Gasteiger partial charge >= 0.3 is 0 Å². The van der Waals surface area contributed by atoms with E-state index in [1.807, 2.05) is 6.92 Å². The highest BCUT2D eigenvalue weighted by molar-refractivity contribution is 5.94. The lowest BCUT2D eigenvalue weighted by molar-refractivity contribution is -0.118. The van der Waals surface area contributed by atoms with Crippen LogP contribution in [0.2, 0.25) is 0 Å². The maximum atomic E-state index is 12.0. The second kappa shape index (κ2) is 5.82. The molecule has 0 radical (unpaired) electrons. The van der Waals surface area contributed by atoms with Crippen molar-refractivity contribution in [2.24, 2.45) is 0 Å². The molecule has 1 aromatic heterocycles. The van der Waals surface area contributed by atoms with Crippen LogP contribution in [0.1, 0.15) is 26.2 Å². The first-order chi connectivity index (χ1) is 8.70. The van der Waals surface area contributed by atoms with Crippen molar-refractivity contribution in [1.82, 2.24) is 9.88 Å². The smallest absolute Gasteiger partial charge is 0.250 e. The average Bonchev–Trinajstić information content (AvgIpc) is 2.42. The maximum Gasteiger partial charge on any atom is 0.250 e. The van der Waals surface area contributed by atoms with Crippen molar-refractivity contribution in [2.75, 3.05) is 11.9 Å². The van der Waals surface area contributed by atoms with Gasteiger partial charge in [0.15, 0.2) is 0 Å². The first-order valence-corrected chi connectivity index (χ1v) is 6.45. The van der Waals surface area contributed by atoms with Gasteiger partial charge in [-0.2, -0.15) is 0 Å². The minimum atomic E-state index is -0.110. The van der Waals surface area contributed by atoms with Crippen molar-refractivity contribution >= 4 is 11.6 Å². The number of hydrogen-bond donors (Lipinski definition) is 2. The summed E-state index contributed by atoms with van der Waals surface area (Å²) in [6.45, 7) is 3.40. The summed E-state index contributed by atoms with van der Waals surface area (Å²) in [6.07, 6.45) is 4.77. The largest absolute Gasteiger partial charge is 0.323 e. The number of pyridine rings is 1. The van der Waals surface area contributed by atoms with Crippen LogP contribution in [0.4, 0.5) is 5.69 Å². The monoisotopic (exact) mass is 249 g/mol. The van der Waals surface area contributed by atoms with Crippen LogP contribution in [0.5, 0.6) is 0 Å². The number of anilines is 1. The molecule has 5 nitrogen and oxygen atoms in total. The van der Waals surface area contributed by atoms with Crippen LogP contribution in [0, 0.1) is 0 Å². The number of carbonyl (C=O) groups is 1. The fraction of sp³-hybridized carbons (Fsp3) is 0.538. The van der Waals surface area contributed by atoms with Gasteiger partial charge in [-0.05, 0) is 32.4 Å². The standard InChI is InChI=1S/C13H19N3O2/c1-2-16-9-10(6-7-12(16)17)15-13(18)11-5-3-4-8-14-11/h6-7,9,11,14H,2-5,8H2,1H3,(H,15,18)/t11-/m0/s1. The van der Waals surface area contributed by atoms with Gasteiger partial charge in [0.2, 0.25) is 5.91 Å². The molecule has 1 aliphatic heterocycles. The van der Waals surface area contributed by atoms with E-state index in [1.165, 1.54) is 6.07 Å². The zero-order valence-electron chi connectivity index (χ0n) is 10.6. The molecule has 2 rings (SSSR count). The van der Waals surface area contributed by atoms with E-state index in [1.54, 1.807) is 16.8 Å². The number of nitrogens with zero attached hydrogens (tertiary/aromatic N) is 1. The second-order valence-electron chi connectivity index (χ2n) is 4.53. The molecule has 0 saturated carbocycles. The second-order valence-corrected chi connectivity index (χ2v) is 4.53. The van der Waals surface area contributed by atoms with Crippen molar-refractivity contribution in [2.45, 2.75) is 38.8 Å². The summed E-state index contributed by atoms with van der Waals surface area (Å²) in [5, 5.41) is 6.05. The lowest BCUT2D eigenvalue weighted by Crippen LogP contribution is -2.43. The normalized spacial score (nSPS) is 19.5. The van der Waals surface area contributed by atoms with Gasteiger partial charge in [-0.3, -0.25) is 9.59 Å². The molecule has 1 aliphatic rings. The van der Waals surface area contributed by atoms with E-state index in [0.717, 1.165) is 25.8 Å². The average molecular weight is 249 g/mol. The van der Waals surface area contributed by atoms with E-state index in [9.17, 15) is 9.59 Å². The van der Waals surface area contributed by atoms with Crippen molar-refractivity contribution in [3.05, 3.63) is 28.7 Å². The number of nitrogens with one attached hydrogen (secondary N) is 2. The summed E-state index contributed by atoms with van der Waals surface area (Å²) in [5.41, 5.74) is 0.625. The van der Waals surface area contributed by atoms with E-state index < -0.39 is 0 Å². The van der Waals surface area contributed by atoms with Crippen LogP contribution in [0.25, 0.3) is 0 Å². The Morgan fingerprint density at radius 1 is 1.50 bits per heavy atom. The molecule has 5 heteroatoms. The van der Waals surface area contributed by atoms with Crippen LogP contribution >= 0.6 is 0 Å². The van der Waals surface area contributed by atoms with Gasteiger partial charge in [-0.25, -0.2) is 0 Å². The molecule has 2 heterocycles. The summed E-state index contributed by atoms with van der Waals surface area (Å²) < 4.78 is 1.57. The number of aromatic nitrogens is 1. The van der Waals surface area contributed by atoms with E-state index in [4.69, 9.17) is 0 Å². The molecule has 0 aliphatic carbocycles. The van der Waals surface area contributed by atoms with Gasteiger partial charge in [0, 0.05) is 18.8 Å². The number of carbonyl (C=O) groups excluding carboxylic acids is 1. The fourth-order valence-electron chi connectivity index (χ4n) is 2.16. The first-order valence-electron chi connectivity index (χ1n) is 6.45. The number of hydrogen-bond acceptors (Lipinski definition) is 3. The number of rotatable bonds is 3. The fourth-order valence-corrected chi connectivity index (χ4v) is 2.16.